The lowest BCUT2D eigenvalue weighted by Gasteiger charge is -2.03. The summed E-state index contributed by atoms with van der Waals surface area (Å²) in [4.78, 5) is 15.8. The summed E-state index contributed by atoms with van der Waals surface area (Å²) in [5.74, 6) is -0.000977. The predicted octanol–water partition coefficient (Wildman–Crippen LogP) is 2.09. The number of thiazole rings is 1. The van der Waals surface area contributed by atoms with Crippen LogP contribution in [0.2, 0.25) is 0 Å². The monoisotopic (exact) mass is 248 g/mol. The molecular formula is C12H12N2O2S. The molecule has 0 atom stereocenters. The average molecular weight is 248 g/mol. The molecule has 0 spiro atoms. The summed E-state index contributed by atoms with van der Waals surface area (Å²) < 4.78 is 0. The molecule has 1 aromatic carbocycles. The van der Waals surface area contributed by atoms with Crippen molar-refractivity contribution in [3.05, 3.63) is 45.9 Å². The van der Waals surface area contributed by atoms with E-state index in [1.54, 1.807) is 23.6 Å². The van der Waals surface area contributed by atoms with Crippen LogP contribution in [0.4, 0.5) is 0 Å². The van der Waals surface area contributed by atoms with Crippen molar-refractivity contribution in [2.45, 2.75) is 13.5 Å². The molecule has 0 aliphatic rings. The Morgan fingerprint density at radius 2 is 2.35 bits per heavy atom. The van der Waals surface area contributed by atoms with E-state index in [9.17, 15) is 9.90 Å². The quantitative estimate of drug-likeness (QED) is 0.874. The normalized spacial score (nSPS) is 10.2. The highest BCUT2D eigenvalue weighted by molar-refractivity contribution is 7.09. The van der Waals surface area contributed by atoms with Crippen molar-refractivity contribution in [1.29, 1.82) is 0 Å². The first kappa shape index (κ1) is 11.6. The molecule has 0 radical (unpaired) electrons. The number of nitrogens with one attached hydrogen (secondary N) is 1. The Morgan fingerprint density at radius 1 is 1.53 bits per heavy atom. The average Bonchev–Trinajstić information content (AvgIpc) is 2.73. The zero-order valence-corrected chi connectivity index (χ0v) is 10.1. The number of nitrogens with zero attached hydrogens (tertiary/aromatic N) is 1. The molecule has 1 aromatic heterocycles. The number of hydrogen-bond acceptors (Lipinski definition) is 4. The molecule has 0 aliphatic carbocycles. The molecule has 1 amide bonds. The van der Waals surface area contributed by atoms with Crippen LogP contribution in [-0.4, -0.2) is 16.0 Å². The standard InChI is InChI=1S/C12H12N2O2S/c1-8-14-11(7-17-8)12(16)13-6-9-3-2-4-10(15)5-9/h2-5,7,15H,6H2,1H3,(H,13,16). The molecule has 2 rings (SSSR count). The number of rotatable bonds is 3. The van der Waals surface area contributed by atoms with E-state index in [0.29, 0.717) is 12.2 Å². The van der Waals surface area contributed by atoms with E-state index in [1.165, 1.54) is 11.3 Å². The number of aryl methyl sites for hydroxylation is 1. The zero-order chi connectivity index (χ0) is 12.3. The molecular weight excluding hydrogens is 236 g/mol. The van der Waals surface area contributed by atoms with Crippen molar-refractivity contribution in [2.24, 2.45) is 0 Å². The van der Waals surface area contributed by atoms with Crippen LogP contribution < -0.4 is 5.32 Å². The Labute approximate surface area is 103 Å². The molecule has 0 aliphatic heterocycles. The molecule has 17 heavy (non-hydrogen) atoms. The van der Waals surface area contributed by atoms with Crippen LogP contribution >= 0.6 is 11.3 Å². The van der Waals surface area contributed by atoms with Crippen LogP contribution in [0.25, 0.3) is 0 Å². The third-order valence-corrected chi connectivity index (χ3v) is 2.99. The number of hydrogen-bond donors (Lipinski definition) is 2. The highest BCUT2D eigenvalue weighted by Gasteiger charge is 2.08. The van der Waals surface area contributed by atoms with Gasteiger partial charge in [-0.2, -0.15) is 0 Å². The number of phenolic OH excluding ortho intramolecular Hbond substituents is 1. The Kier molecular flexibility index (Phi) is 3.39. The molecule has 5 heteroatoms. The number of benzene rings is 1. The Hall–Kier alpha value is -1.88. The van der Waals surface area contributed by atoms with Crippen LogP contribution in [0, 0.1) is 6.92 Å². The van der Waals surface area contributed by atoms with Gasteiger partial charge in [0.05, 0.1) is 5.01 Å². The Bertz CT molecular complexity index is 537. The van der Waals surface area contributed by atoms with Gasteiger partial charge in [0.25, 0.3) is 5.91 Å². The van der Waals surface area contributed by atoms with E-state index in [2.05, 4.69) is 10.3 Å². The number of aromatic hydroxyl groups is 1. The van der Waals surface area contributed by atoms with E-state index in [1.807, 2.05) is 13.0 Å². The van der Waals surface area contributed by atoms with Gasteiger partial charge in [0.2, 0.25) is 0 Å². The van der Waals surface area contributed by atoms with Gasteiger partial charge in [-0.05, 0) is 24.6 Å². The fourth-order valence-electron chi connectivity index (χ4n) is 1.41. The van der Waals surface area contributed by atoms with Crippen molar-refractivity contribution in [3.8, 4) is 5.75 Å². The summed E-state index contributed by atoms with van der Waals surface area (Å²) in [6.45, 7) is 2.24. The van der Waals surface area contributed by atoms with Gasteiger partial charge in [-0.3, -0.25) is 4.79 Å². The van der Waals surface area contributed by atoms with Crippen LogP contribution in [0.15, 0.2) is 29.6 Å². The minimum atomic E-state index is -0.197. The number of carbonyl (C=O) groups is 1. The Morgan fingerprint density at radius 3 is 3.00 bits per heavy atom. The lowest BCUT2D eigenvalue weighted by Crippen LogP contribution is -2.23. The van der Waals surface area contributed by atoms with Crippen molar-refractivity contribution in [1.82, 2.24) is 10.3 Å². The maximum absolute atomic E-state index is 11.7. The van der Waals surface area contributed by atoms with Gasteiger partial charge in [-0.1, -0.05) is 12.1 Å². The summed E-state index contributed by atoms with van der Waals surface area (Å²) in [6, 6.07) is 6.79. The van der Waals surface area contributed by atoms with Crippen molar-refractivity contribution in [2.75, 3.05) is 0 Å². The third-order valence-electron chi connectivity index (χ3n) is 2.22. The lowest BCUT2D eigenvalue weighted by atomic mass is 10.2. The number of carbonyl (C=O) groups excluding carboxylic acids is 1. The summed E-state index contributed by atoms with van der Waals surface area (Å²) in [7, 11) is 0. The molecule has 4 nitrogen and oxygen atoms in total. The number of aromatic nitrogens is 1. The smallest absolute Gasteiger partial charge is 0.271 e. The van der Waals surface area contributed by atoms with Crippen LogP contribution in [0.1, 0.15) is 21.1 Å². The second kappa shape index (κ2) is 4.97. The zero-order valence-electron chi connectivity index (χ0n) is 9.30. The summed E-state index contributed by atoms with van der Waals surface area (Å²) in [6.07, 6.45) is 0. The minimum absolute atomic E-state index is 0.196. The lowest BCUT2D eigenvalue weighted by molar-refractivity contribution is 0.0946. The van der Waals surface area contributed by atoms with Gasteiger partial charge >= 0.3 is 0 Å². The number of amides is 1. The second-order valence-corrected chi connectivity index (χ2v) is 4.67. The van der Waals surface area contributed by atoms with Crippen LogP contribution in [0.3, 0.4) is 0 Å². The highest BCUT2D eigenvalue weighted by atomic mass is 32.1. The first-order valence-electron chi connectivity index (χ1n) is 5.13. The number of phenols is 1. The van der Waals surface area contributed by atoms with Gasteiger partial charge in [0, 0.05) is 11.9 Å². The van der Waals surface area contributed by atoms with E-state index < -0.39 is 0 Å². The first-order valence-corrected chi connectivity index (χ1v) is 6.01. The summed E-state index contributed by atoms with van der Waals surface area (Å²) >= 11 is 1.44. The fourth-order valence-corrected chi connectivity index (χ4v) is 2.00. The molecule has 0 unspecified atom stereocenters. The van der Waals surface area contributed by atoms with E-state index in [-0.39, 0.29) is 11.7 Å². The largest absolute Gasteiger partial charge is 0.508 e. The van der Waals surface area contributed by atoms with E-state index >= 15 is 0 Å². The van der Waals surface area contributed by atoms with Gasteiger partial charge in [-0.25, -0.2) is 4.98 Å². The topological polar surface area (TPSA) is 62.2 Å². The van der Waals surface area contributed by atoms with Crippen molar-refractivity contribution in [3.63, 3.8) is 0 Å². The highest BCUT2D eigenvalue weighted by Crippen LogP contribution is 2.11. The summed E-state index contributed by atoms with van der Waals surface area (Å²) in [5, 5.41) is 14.6. The summed E-state index contributed by atoms with van der Waals surface area (Å²) in [5.41, 5.74) is 1.29. The molecule has 0 bridgehead atoms. The molecule has 2 aromatic rings. The Balaban J connectivity index is 1.97. The van der Waals surface area contributed by atoms with Crippen molar-refractivity contribution >= 4 is 17.2 Å². The third kappa shape index (κ3) is 3.04. The van der Waals surface area contributed by atoms with Crippen LogP contribution in [0.5, 0.6) is 5.75 Å². The molecule has 2 N–H and O–H groups in total. The minimum Gasteiger partial charge on any atom is -0.508 e. The van der Waals surface area contributed by atoms with E-state index in [4.69, 9.17) is 0 Å². The van der Waals surface area contributed by atoms with Gasteiger partial charge in [-0.15, -0.1) is 11.3 Å². The van der Waals surface area contributed by atoms with Gasteiger partial charge in [0.15, 0.2) is 0 Å². The first-order chi connectivity index (χ1) is 8.15. The second-order valence-electron chi connectivity index (χ2n) is 3.60. The van der Waals surface area contributed by atoms with E-state index in [0.717, 1.165) is 10.6 Å². The van der Waals surface area contributed by atoms with Gasteiger partial charge < -0.3 is 10.4 Å². The fraction of sp³-hybridized carbons (Fsp3) is 0.167. The maximum atomic E-state index is 11.7. The molecule has 1 heterocycles. The van der Waals surface area contributed by atoms with Crippen LogP contribution in [-0.2, 0) is 6.54 Å². The molecule has 0 saturated carbocycles. The maximum Gasteiger partial charge on any atom is 0.271 e. The molecule has 0 fully saturated rings. The predicted molar refractivity (Wildman–Crippen MR) is 66.1 cm³/mol. The van der Waals surface area contributed by atoms with Crippen molar-refractivity contribution < 1.29 is 9.90 Å². The molecule has 88 valence electrons. The SMILES string of the molecule is Cc1nc(C(=O)NCc2cccc(O)c2)cs1. The molecule has 0 saturated heterocycles. The van der Waals surface area contributed by atoms with Gasteiger partial charge in [0.1, 0.15) is 11.4 Å².